The van der Waals surface area contributed by atoms with E-state index in [1.807, 2.05) is 13.8 Å². The Morgan fingerprint density at radius 3 is 2.12 bits per heavy atom. The highest BCUT2D eigenvalue weighted by molar-refractivity contribution is 6.08. The van der Waals surface area contributed by atoms with Gasteiger partial charge in [0.1, 0.15) is 0 Å². The van der Waals surface area contributed by atoms with Gasteiger partial charge in [-0.25, -0.2) is 0 Å². The molecule has 2 aliphatic rings. The maximum Gasteiger partial charge on any atom is -0.00604 e. The number of hydrogen-bond acceptors (Lipinski definition) is 0. The van der Waals surface area contributed by atoms with E-state index in [-0.39, 0.29) is 0 Å². The Bertz CT molecular complexity index is 1420. The Hall–Kier alpha value is -3.64. The van der Waals surface area contributed by atoms with Gasteiger partial charge < -0.3 is 0 Å². The number of allylic oxidation sites excluding steroid dienone is 8. The third kappa shape index (κ3) is 4.97. The average molecular weight is 443 g/mol. The van der Waals surface area contributed by atoms with Crippen molar-refractivity contribution >= 4 is 27.1 Å². The molecule has 0 saturated carbocycles. The molecule has 2 aliphatic carbocycles. The first-order valence-electron chi connectivity index (χ1n) is 12.4. The largest absolute Gasteiger partial charge is 0.0801 e. The van der Waals surface area contributed by atoms with Crippen LogP contribution >= 0.6 is 0 Å². The molecule has 0 aromatic heterocycles. The fourth-order valence-electron chi connectivity index (χ4n) is 4.81. The topological polar surface area (TPSA) is 0 Å². The van der Waals surface area contributed by atoms with E-state index < -0.39 is 0 Å². The van der Waals surface area contributed by atoms with Crippen LogP contribution in [0.1, 0.15) is 43.9 Å². The summed E-state index contributed by atoms with van der Waals surface area (Å²) in [7, 11) is 0. The van der Waals surface area contributed by atoms with Crippen LogP contribution in [0.3, 0.4) is 0 Å². The van der Waals surface area contributed by atoms with Crippen molar-refractivity contribution in [3.05, 3.63) is 137 Å². The van der Waals surface area contributed by atoms with Crippen molar-refractivity contribution in [3.63, 3.8) is 0 Å². The maximum atomic E-state index is 2.32. The van der Waals surface area contributed by atoms with Gasteiger partial charge in [0.2, 0.25) is 0 Å². The van der Waals surface area contributed by atoms with Crippen LogP contribution in [0.2, 0.25) is 0 Å². The van der Waals surface area contributed by atoms with Gasteiger partial charge >= 0.3 is 0 Å². The summed E-state index contributed by atoms with van der Waals surface area (Å²) in [6.07, 6.45) is 13.4. The lowest BCUT2D eigenvalue weighted by atomic mass is 9.96. The molecule has 170 valence electrons. The van der Waals surface area contributed by atoms with Crippen molar-refractivity contribution in [2.75, 3.05) is 0 Å². The van der Waals surface area contributed by atoms with Gasteiger partial charge in [-0.3, -0.25) is 0 Å². The minimum atomic E-state index is 1.03. The SMILES string of the molecule is CC.CC1=CC2=C(C=CCC=C2)c2ccccc2C1.Cc1cc2ccccc2c2ccccc12. The molecule has 0 atom stereocenters. The molecule has 0 saturated heterocycles. The lowest BCUT2D eigenvalue weighted by molar-refractivity contribution is 1.14. The van der Waals surface area contributed by atoms with Crippen LogP contribution in [-0.2, 0) is 6.42 Å². The maximum absolute atomic E-state index is 2.32. The zero-order valence-electron chi connectivity index (χ0n) is 20.8. The van der Waals surface area contributed by atoms with Gasteiger partial charge in [-0.15, -0.1) is 0 Å². The molecule has 0 radical (unpaired) electrons. The third-order valence-corrected chi connectivity index (χ3v) is 6.32. The van der Waals surface area contributed by atoms with Gasteiger partial charge in [-0.1, -0.05) is 129 Å². The van der Waals surface area contributed by atoms with Gasteiger partial charge in [0.05, 0.1) is 0 Å². The van der Waals surface area contributed by atoms with E-state index in [1.54, 1.807) is 0 Å². The Labute approximate surface area is 204 Å². The molecule has 0 heterocycles. The Balaban J connectivity index is 0.000000151. The number of rotatable bonds is 0. The predicted octanol–water partition coefficient (Wildman–Crippen LogP) is 9.79. The molecule has 0 spiro atoms. The fourth-order valence-corrected chi connectivity index (χ4v) is 4.81. The van der Waals surface area contributed by atoms with Gasteiger partial charge in [0.15, 0.2) is 0 Å². The van der Waals surface area contributed by atoms with Crippen molar-refractivity contribution in [1.82, 2.24) is 0 Å². The minimum absolute atomic E-state index is 1.03. The summed E-state index contributed by atoms with van der Waals surface area (Å²) >= 11 is 0. The number of fused-ring (bicyclic) bond motifs is 5. The van der Waals surface area contributed by atoms with E-state index in [1.165, 1.54) is 55.0 Å². The van der Waals surface area contributed by atoms with E-state index in [0.717, 1.165) is 12.8 Å². The average Bonchev–Trinajstić information content (AvgIpc) is 3.18. The van der Waals surface area contributed by atoms with E-state index >= 15 is 0 Å². The van der Waals surface area contributed by atoms with Crippen molar-refractivity contribution < 1.29 is 0 Å². The molecule has 0 amide bonds. The predicted molar refractivity (Wildman–Crippen MR) is 151 cm³/mol. The van der Waals surface area contributed by atoms with E-state index in [0.29, 0.717) is 0 Å². The van der Waals surface area contributed by atoms with Crippen molar-refractivity contribution in [2.24, 2.45) is 0 Å². The molecule has 0 heteroatoms. The van der Waals surface area contributed by atoms with Gasteiger partial charge in [0.25, 0.3) is 0 Å². The van der Waals surface area contributed by atoms with Crippen molar-refractivity contribution in [2.45, 2.75) is 40.5 Å². The van der Waals surface area contributed by atoms with Gasteiger partial charge in [-0.05, 0) is 76.1 Å². The second-order valence-electron chi connectivity index (χ2n) is 8.69. The number of aryl methyl sites for hydroxylation is 1. The molecule has 0 nitrogen and oxygen atoms in total. The highest BCUT2D eigenvalue weighted by atomic mass is 14.2. The standard InChI is InChI=1S/C17H16.C15H12.C2H6/c1-13-11-14-7-3-2-4-9-16(14)17-10-6-5-8-15(17)12-13;1-11-10-12-6-2-3-8-14(12)15-9-5-4-7-13(11)15;1-2/h3-11H,2,12H2,1H3;2-10H,1H3;1-2H3. The third-order valence-electron chi connectivity index (χ3n) is 6.32. The first-order valence-corrected chi connectivity index (χ1v) is 12.4. The molecule has 4 aromatic carbocycles. The first kappa shape index (κ1) is 23.5. The number of benzene rings is 4. The Morgan fingerprint density at radius 1 is 0.647 bits per heavy atom. The summed E-state index contributed by atoms with van der Waals surface area (Å²) in [5.74, 6) is 0. The normalized spacial score (nSPS) is 14.1. The lowest BCUT2D eigenvalue weighted by Crippen LogP contribution is -1.91. The van der Waals surface area contributed by atoms with Crippen LogP contribution in [-0.4, -0.2) is 0 Å². The molecule has 34 heavy (non-hydrogen) atoms. The van der Waals surface area contributed by atoms with Crippen LogP contribution in [0, 0.1) is 6.92 Å². The summed E-state index contributed by atoms with van der Waals surface area (Å²) in [5.41, 5.74) is 8.32. The second-order valence-corrected chi connectivity index (χ2v) is 8.69. The summed E-state index contributed by atoms with van der Waals surface area (Å²) < 4.78 is 0. The highest BCUT2D eigenvalue weighted by Gasteiger charge is 2.13. The van der Waals surface area contributed by atoms with E-state index in [2.05, 4.69) is 123 Å². The quantitative estimate of drug-likeness (QED) is 0.238. The monoisotopic (exact) mass is 442 g/mol. The minimum Gasteiger partial charge on any atom is -0.0801 e. The molecule has 0 N–H and O–H groups in total. The van der Waals surface area contributed by atoms with Gasteiger partial charge in [-0.2, -0.15) is 0 Å². The summed E-state index contributed by atoms with van der Waals surface area (Å²) in [5, 5.41) is 5.39. The molecule has 0 fully saturated rings. The fraction of sp³-hybridized carbons (Fsp3) is 0.176. The van der Waals surface area contributed by atoms with E-state index in [4.69, 9.17) is 0 Å². The summed E-state index contributed by atoms with van der Waals surface area (Å²) in [6, 6.07) is 28.2. The molecule has 0 unspecified atom stereocenters. The van der Waals surface area contributed by atoms with Crippen LogP contribution < -0.4 is 0 Å². The molecular formula is C34H34. The van der Waals surface area contributed by atoms with E-state index in [9.17, 15) is 0 Å². The Morgan fingerprint density at radius 2 is 1.29 bits per heavy atom. The molecule has 0 aliphatic heterocycles. The zero-order chi connectivity index (χ0) is 23.9. The lowest BCUT2D eigenvalue weighted by Gasteiger charge is -2.08. The first-order chi connectivity index (χ1) is 16.7. The van der Waals surface area contributed by atoms with Crippen LogP contribution in [0.15, 0.2) is 120 Å². The molecule has 4 aromatic rings. The number of hydrogen-bond donors (Lipinski definition) is 0. The van der Waals surface area contributed by atoms with Crippen molar-refractivity contribution in [3.8, 4) is 0 Å². The van der Waals surface area contributed by atoms with Gasteiger partial charge in [0, 0.05) is 0 Å². The highest BCUT2D eigenvalue weighted by Crippen LogP contribution is 2.32. The Kier molecular flexibility index (Phi) is 7.60. The molecule has 6 rings (SSSR count). The molecule has 0 bridgehead atoms. The second kappa shape index (κ2) is 11.0. The summed E-state index contributed by atoms with van der Waals surface area (Å²) in [4.78, 5) is 0. The van der Waals surface area contributed by atoms with Crippen molar-refractivity contribution in [1.29, 1.82) is 0 Å². The smallest absolute Gasteiger partial charge is 0.00604 e. The van der Waals surface area contributed by atoms with Crippen LogP contribution in [0.25, 0.3) is 27.1 Å². The zero-order valence-corrected chi connectivity index (χ0v) is 20.8. The van der Waals surface area contributed by atoms with Crippen LogP contribution in [0.4, 0.5) is 0 Å². The van der Waals surface area contributed by atoms with Crippen LogP contribution in [0.5, 0.6) is 0 Å². The molecular weight excluding hydrogens is 408 g/mol. The summed E-state index contributed by atoms with van der Waals surface area (Å²) in [6.45, 7) is 8.39.